The lowest BCUT2D eigenvalue weighted by molar-refractivity contribution is 0.102. The average molecular weight is 295 g/mol. The second-order valence-electron chi connectivity index (χ2n) is 5.05. The van der Waals surface area contributed by atoms with Crippen molar-refractivity contribution in [1.29, 1.82) is 0 Å². The second kappa shape index (κ2) is 5.44. The fourth-order valence-electron chi connectivity index (χ4n) is 2.20. The van der Waals surface area contributed by atoms with Crippen LogP contribution in [0.1, 0.15) is 16.1 Å². The maximum Gasteiger partial charge on any atom is 0.255 e. The zero-order valence-electron chi connectivity index (χ0n) is 11.9. The van der Waals surface area contributed by atoms with Gasteiger partial charge in [-0.25, -0.2) is 4.39 Å². The number of aryl methyl sites for hydroxylation is 1. The van der Waals surface area contributed by atoms with Crippen LogP contribution < -0.4 is 11.1 Å². The SMILES string of the molecule is Cc1ccc2cc(C(=O)Nc3cc(N)ccc3F)ccc2n1. The largest absolute Gasteiger partial charge is 0.399 e. The van der Waals surface area contributed by atoms with E-state index in [-0.39, 0.29) is 5.69 Å². The van der Waals surface area contributed by atoms with E-state index >= 15 is 0 Å². The van der Waals surface area contributed by atoms with Crippen molar-refractivity contribution in [3.8, 4) is 0 Å². The van der Waals surface area contributed by atoms with Gasteiger partial charge in [-0.3, -0.25) is 9.78 Å². The zero-order valence-corrected chi connectivity index (χ0v) is 11.9. The topological polar surface area (TPSA) is 68.0 Å². The maximum absolute atomic E-state index is 13.7. The number of benzene rings is 2. The first-order chi connectivity index (χ1) is 10.5. The van der Waals surface area contributed by atoms with Crippen LogP contribution in [0.2, 0.25) is 0 Å². The molecule has 22 heavy (non-hydrogen) atoms. The van der Waals surface area contributed by atoms with Crippen molar-refractivity contribution in [3.05, 3.63) is 65.6 Å². The Kier molecular flexibility index (Phi) is 3.47. The zero-order chi connectivity index (χ0) is 15.7. The number of carbonyl (C=O) groups excluding carboxylic acids is 1. The van der Waals surface area contributed by atoms with Gasteiger partial charge in [-0.15, -0.1) is 0 Å². The van der Waals surface area contributed by atoms with E-state index in [0.29, 0.717) is 11.3 Å². The summed E-state index contributed by atoms with van der Waals surface area (Å²) in [4.78, 5) is 16.6. The molecule has 3 rings (SSSR count). The minimum Gasteiger partial charge on any atom is -0.399 e. The summed E-state index contributed by atoms with van der Waals surface area (Å²) in [6.07, 6.45) is 0. The Morgan fingerprint density at radius 3 is 2.77 bits per heavy atom. The van der Waals surface area contributed by atoms with Crippen LogP contribution in [0.4, 0.5) is 15.8 Å². The van der Waals surface area contributed by atoms with Gasteiger partial charge in [0.25, 0.3) is 5.91 Å². The van der Waals surface area contributed by atoms with Gasteiger partial charge in [0, 0.05) is 22.3 Å². The minimum atomic E-state index is -0.527. The number of rotatable bonds is 2. The number of halogens is 1. The molecule has 0 aliphatic rings. The third-order valence-corrected chi connectivity index (χ3v) is 3.33. The molecule has 0 saturated heterocycles. The molecule has 3 aromatic rings. The molecular formula is C17H14FN3O. The monoisotopic (exact) mass is 295 g/mol. The molecule has 0 radical (unpaired) electrons. The van der Waals surface area contributed by atoms with Crippen molar-refractivity contribution in [2.45, 2.75) is 6.92 Å². The van der Waals surface area contributed by atoms with E-state index in [4.69, 9.17) is 5.73 Å². The van der Waals surface area contributed by atoms with E-state index in [9.17, 15) is 9.18 Å². The number of hydrogen-bond acceptors (Lipinski definition) is 3. The normalized spacial score (nSPS) is 10.6. The summed E-state index contributed by atoms with van der Waals surface area (Å²) in [5, 5.41) is 3.38. The Labute approximate surface area is 126 Å². The van der Waals surface area contributed by atoms with Crippen LogP contribution in [0.5, 0.6) is 0 Å². The van der Waals surface area contributed by atoms with Crippen LogP contribution in [-0.2, 0) is 0 Å². The van der Waals surface area contributed by atoms with Crippen molar-refractivity contribution in [2.24, 2.45) is 0 Å². The summed E-state index contributed by atoms with van der Waals surface area (Å²) < 4.78 is 13.7. The molecule has 110 valence electrons. The molecule has 0 spiro atoms. The van der Waals surface area contributed by atoms with Crippen molar-refractivity contribution < 1.29 is 9.18 Å². The van der Waals surface area contributed by atoms with Gasteiger partial charge in [-0.1, -0.05) is 6.07 Å². The summed E-state index contributed by atoms with van der Waals surface area (Å²) in [5.41, 5.74) is 8.20. The van der Waals surface area contributed by atoms with E-state index in [2.05, 4.69) is 10.3 Å². The lowest BCUT2D eigenvalue weighted by Gasteiger charge is -2.08. The summed E-state index contributed by atoms with van der Waals surface area (Å²) in [6.45, 7) is 1.91. The highest BCUT2D eigenvalue weighted by atomic mass is 19.1. The fraction of sp³-hybridized carbons (Fsp3) is 0.0588. The molecule has 0 saturated carbocycles. The first-order valence-electron chi connectivity index (χ1n) is 6.77. The number of hydrogen-bond donors (Lipinski definition) is 2. The first-order valence-corrected chi connectivity index (χ1v) is 6.77. The molecule has 0 bridgehead atoms. The number of fused-ring (bicyclic) bond motifs is 1. The Balaban J connectivity index is 1.92. The quantitative estimate of drug-likeness (QED) is 0.711. The van der Waals surface area contributed by atoms with E-state index < -0.39 is 11.7 Å². The van der Waals surface area contributed by atoms with E-state index in [0.717, 1.165) is 16.6 Å². The summed E-state index contributed by atoms with van der Waals surface area (Å²) in [7, 11) is 0. The van der Waals surface area contributed by atoms with Crippen LogP contribution in [0, 0.1) is 12.7 Å². The molecule has 4 nitrogen and oxygen atoms in total. The molecule has 2 aromatic carbocycles. The number of nitrogens with one attached hydrogen (secondary N) is 1. The first kappa shape index (κ1) is 14.0. The molecule has 1 heterocycles. The van der Waals surface area contributed by atoms with Gasteiger partial charge in [0.2, 0.25) is 0 Å². The number of amides is 1. The van der Waals surface area contributed by atoms with Gasteiger partial charge in [-0.05, 0) is 49.4 Å². The Morgan fingerprint density at radius 1 is 1.14 bits per heavy atom. The van der Waals surface area contributed by atoms with E-state index in [1.807, 2.05) is 19.1 Å². The summed E-state index contributed by atoms with van der Waals surface area (Å²) in [6, 6.07) is 13.0. The van der Waals surface area contributed by atoms with E-state index in [1.54, 1.807) is 18.2 Å². The predicted octanol–water partition coefficient (Wildman–Crippen LogP) is 3.52. The molecule has 0 aliphatic carbocycles. The molecule has 0 fully saturated rings. The minimum absolute atomic E-state index is 0.0622. The Morgan fingerprint density at radius 2 is 1.95 bits per heavy atom. The van der Waals surface area contributed by atoms with Crippen molar-refractivity contribution in [3.63, 3.8) is 0 Å². The Hall–Kier alpha value is -2.95. The average Bonchev–Trinajstić information content (AvgIpc) is 2.50. The number of carbonyl (C=O) groups is 1. The summed E-state index contributed by atoms with van der Waals surface area (Å²) in [5.74, 6) is -0.924. The number of nitrogens with zero attached hydrogens (tertiary/aromatic N) is 1. The number of anilines is 2. The highest BCUT2D eigenvalue weighted by Crippen LogP contribution is 2.20. The molecule has 0 atom stereocenters. The number of nitrogen functional groups attached to an aromatic ring is 1. The number of pyridine rings is 1. The lowest BCUT2D eigenvalue weighted by Crippen LogP contribution is -2.13. The highest BCUT2D eigenvalue weighted by Gasteiger charge is 2.10. The third kappa shape index (κ3) is 2.74. The van der Waals surface area contributed by atoms with Crippen LogP contribution in [0.3, 0.4) is 0 Å². The molecular weight excluding hydrogens is 281 g/mol. The van der Waals surface area contributed by atoms with E-state index in [1.165, 1.54) is 18.2 Å². The van der Waals surface area contributed by atoms with Gasteiger partial charge in [-0.2, -0.15) is 0 Å². The summed E-state index contributed by atoms with van der Waals surface area (Å²) >= 11 is 0. The maximum atomic E-state index is 13.7. The second-order valence-corrected chi connectivity index (χ2v) is 5.05. The molecule has 1 amide bonds. The van der Waals surface area contributed by atoms with Gasteiger partial charge in [0.15, 0.2) is 0 Å². The van der Waals surface area contributed by atoms with Crippen LogP contribution in [0.25, 0.3) is 10.9 Å². The van der Waals surface area contributed by atoms with Crippen LogP contribution >= 0.6 is 0 Å². The molecule has 5 heteroatoms. The van der Waals surface area contributed by atoms with Gasteiger partial charge in [0.05, 0.1) is 11.2 Å². The van der Waals surface area contributed by atoms with Gasteiger partial charge >= 0.3 is 0 Å². The lowest BCUT2D eigenvalue weighted by atomic mass is 10.1. The van der Waals surface area contributed by atoms with Crippen molar-refractivity contribution in [1.82, 2.24) is 4.98 Å². The molecule has 1 aromatic heterocycles. The smallest absolute Gasteiger partial charge is 0.255 e. The van der Waals surface area contributed by atoms with Gasteiger partial charge < -0.3 is 11.1 Å². The van der Waals surface area contributed by atoms with Crippen molar-refractivity contribution in [2.75, 3.05) is 11.1 Å². The third-order valence-electron chi connectivity index (χ3n) is 3.33. The number of nitrogens with two attached hydrogens (primary N) is 1. The highest BCUT2D eigenvalue weighted by molar-refractivity contribution is 6.06. The number of aromatic nitrogens is 1. The Bertz CT molecular complexity index is 877. The van der Waals surface area contributed by atoms with Gasteiger partial charge in [0.1, 0.15) is 5.82 Å². The molecule has 0 unspecified atom stereocenters. The standard InChI is InChI=1S/C17H14FN3O/c1-10-2-3-11-8-12(4-7-15(11)20-10)17(22)21-16-9-13(19)5-6-14(16)18/h2-9H,19H2,1H3,(H,21,22). The molecule has 0 aliphatic heterocycles. The van der Waals surface area contributed by atoms with Crippen molar-refractivity contribution >= 4 is 28.2 Å². The molecule has 3 N–H and O–H groups in total. The fourth-order valence-corrected chi connectivity index (χ4v) is 2.20. The predicted molar refractivity (Wildman–Crippen MR) is 85.2 cm³/mol. The van der Waals surface area contributed by atoms with Crippen LogP contribution in [0.15, 0.2) is 48.5 Å². The van der Waals surface area contributed by atoms with Crippen LogP contribution in [-0.4, -0.2) is 10.9 Å².